The normalized spacial score (nSPS) is 20.4. The summed E-state index contributed by atoms with van der Waals surface area (Å²) in [5.74, 6) is 0. The number of ether oxygens (including phenoxy) is 1. The van der Waals surface area contributed by atoms with Crippen molar-refractivity contribution in [2.24, 2.45) is 0 Å². The topological polar surface area (TPSA) is 46.2 Å². The molecule has 106 valence electrons. The molecule has 0 spiro atoms. The second-order valence-electron chi connectivity index (χ2n) is 5.76. The van der Waals surface area contributed by atoms with Crippen molar-refractivity contribution < 1.29 is 4.74 Å². The molecule has 1 aromatic rings. The molecular weight excluding hydrogens is 238 g/mol. The molecule has 0 aliphatic carbocycles. The molecule has 1 fully saturated rings. The van der Waals surface area contributed by atoms with Gasteiger partial charge in [-0.15, -0.1) is 0 Å². The Bertz CT molecular complexity index is 361. The van der Waals surface area contributed by atoms with E-state index in [9.17, 15) is 0 Å². The maximum atomic E-state index is 5.68. The highest BCUT2D eigenvalue weighted by atomic mass is 16.5. The average molecular weight is 263 g/mol. The van der Waals surface area contributed by atoms with Crippen molar-refractivity contribution in [3.63, 3.8) is 0 Å². The van der Waals surface area contributed by atoms with E-state index in [1.807, 2.05) is 18.3 Å². The molecule has 19 heavy (non-hydrogen) atoms. The van der Waals surface area contributed by atoms with Gasteiger partial charge in [0.15, 0.2) is 0 Å². The molecular formula is C15H25N3O. The van der Waals surface area contributed by atoms with Crippen molar-refractivity contribution in [1.82, 2.24) is 15.6 Å². The van der Waals surface area contributed by atoms with Crippen molar-refractivity contribution in [3.05, 3.63) is 30.1 Å². The van der Waals surface area contributed by atoms with Crippen LogP contribution in [0.4, 0.5) is 0 Å². The fraction of sp³-hybridized carbons (Fsp3) is 0.667. The van der Waals surface area contributed by atoms with Crippen molar-refractivity contribution >= 4 is 0 Å². The summed E-state index contributed by atoms with van der Waals surface area (Å²) in [6.07, 6.45) is 3.28. The predicted octanol–water partition coefficient (Wildman–Crippen LogP) is 1.33. The molecule has 0 saturated carbocycles. The molecule has 0 bridgehead atoms. The van der Waals surface area contributed by atoms with Gasteiger partial charge >= 0.3 is 0 Å². The third kappa shape index (κ3) is 4.56. The number of hydrogen-bond donors (Lipinski definition) is 2. The van der Waals surface area contributed by atoms with E-state index in [1.165, 1.54) is 0 Å². The lowest BCUT2D eigenvalue weighted by Gasteiger charge is -2.26. The molecule has 1 unspecified atom stereocenters. The van der Waals surface area contributed by atoms with E-state index in [0.29, 0.717) is 6.10 Å². The lowest BCUT2D eigenvalue weighted by Crippen LogP contribution is -2.41. The average Bonchev–Trinajstić information content (AvgIpc) is 2.46. The van der Waals surface area contributed by atoms with Crippen molar-refractivity contribution in [1.29, 1.82) is 0 Å². The Balaban J connectivity index is 1.69. The monoisotopic (exact) mass is 263 g/mol. The second-order valence-corrected chi connectivity index (χ2v) is 5.76. The molecule has 1 aliphatic heterocycles. The Kier molecular flexibility index (Phi) is 5.31. The lowest BCUT2D eigenvalue weighted by atomic mass is 9.88. The Morgan fingerprint density at radius 3 is 3.05 bits per heavy atom. The summed E-state index contributed by atoms with van der Waals surface area (Å²) in [5.41, 5.74) is 1.20. The first kappa shape index (κ1) is 14.4. The SMILES string of the molecule is CC(C)(CNCCC1CNCCO1)c1ccccn1. The summed E-state index contributed by atoms with van der Waals surface area (Å²) in [4.78, 5) is 4.44. The Morgan fingerprint density at radius 1 is 1.47 bits per heavy atom. The minimum atomic E-state index is 0.0624. The first-order valence-corrected chi connectivity index (χ1v) is 7.13. The van der Waals surface area contributed by atoms with Gasteiger partial charge in [0.05, 0.1) is 12.7 Å². The minimum absolute atomic E-state index is 0.0624. The number of pyridine rings is 1. The van der Waals surface area contributed by atoms with Crippen molar-refractivity contribution in [2.75, 3.05) is 32.8 Å². The van der Waals surface area contributed by atoms with Gasteiger partial charge in [0.1, 0.15) is 0 Å². The summed E-state index contributed by atoms with van der Waals surface area (Å²) < 4.78 is 5.68. The van der Waals surface area contributed by atoms with Crippen LogP contribution in [-0.2, 0) is 10.2 Å². The van der Waals surface area contributed by atoms with Crippen LogP contribution in [0.3, 0.4) is 0 Å². The number of hydrogen-bond acceptors (Lipinski definition) is 4. The van der Waals surface area contributed by atoms with Crippen LogP contribution < -0.4 is 10.6 Å². The van der Waals surface area contributed by atoms with Gasteiger partial charge in [0.25, 0.3) is 0 Å². The van der Waals surface area contributed by atoms with Crippen LogP contribution in [0.15, 0.2) is 24.4 Å². The summed E-state index contributed by atoms with van der Waals surface area (Å²) in [6.45, 7) is 9.17. The molecule has 4 nitrogen and oxygen atoms in total. The maximum absolute atomic E-state index is 5.68. The Labute approximate surface area is 116 Å². The van der Waals surface area contributed by atoms with Gasteiger partial charge in [-0.3, -0.25) is 4.98 Å². The molecule has 1 aliphatic rings. The Morgan fingerprint density at radius 2 is 2.37 bits per heavy atom. The third-order valence-electron chi connectivity index (χ3n) is 3.57. The van der Waals surface area contributed by atoms with E-state index in [1.54, 1.807) is 0 Å². The maximum Gasteiger partial charge on any atom is 0.0712 e. The van der Waals surface area contributed by atoms with Crippen LogP contribution in [0.5, 0.6) is 0 Å². The highest BCUT2D eigenvalue weighted by Crippen LogP contribution is 2.19. The van der Waals surface area contributed by atoms with Gasteiger partial charge in [0, 0.05) is 36.9 Å². The Hall–Kier alpha value is -0.970. The van der Waals surface area contributed by atoms with Crippen molar-refractivity contribution in [2.45, 2.75) is 31.8 Å². The van der Waals surface area contributed by atoms with E-state index in [0.717, 1.165) is 44.9 Å². The van der Waals surface area contributed by atoms with E-state index < -0.39 is 0 Å². The van der Waals surface area contributed by atoms with Crippen LogP contribution in [-0.4, -0.2) is 43.9 Å². The summed E-state index contributed by atoms with van der Waals surface area (Å²) in [6, 6.07) is 6.10. The molecule has 2 N–H and O–H groups in total. The fourth-order valence-corrected chi connectivity index (χ4v) is 2.32. The van der Waals surface area contributed by atoms with Gasteiger partial charge in [-0.2, -0.15) is 0 Å². The smallest absolute Gasteiger partial charge is 0.0712 e. The number of rotatable bonds is 6. The molecule has 2 rings (SSSR count). The zero-order valence-electron chi connectivity index (χ0n) is 12.0. The van der Waals surface area contributed by atoms with Gasteiger partial charge in [-0.05, 0) is 25.1 Å². The number of nitrogens with zero attached hydrogens (tertiary/aromatic N) is 1. The molecule has 1 saturated heterocycles. The molecule has 4 heteroatoms. The van der Waals surface area contributed by atoms with E-state index in [4.69, 9.17) is 4.74 Å². The zero-order valence-corrected chi connectivity index (χ0v) is 12.0. The van der Waals surface area contributed by atoms with Crippen LogP contribution in [0.1, 0.15) is 26.0 Å². The summed E-state index contributed by atoms with van der Waals surface area (Å²) in [5, 5.41) is 6.88. The van der Waals surface area contributed by atoms with Gasteiger partial charge in [-0.25, -0.2) is 0 Å². The number of nitrogens with one attached hydrogen (secondary N) is 2. The van der Waals surface area contributed by atoms with Crippen molar-refractivity contribution in [3.8, 4) is 0 Å². The largest absolute Gasteiger partial charge is 0.376 e. The number of aromatic nitrogens is 1. The molecule has 0 amide bonds. The quantitative estimate of drug-likeness (QED) is 0.760. The molecule has 0 aromatic carbocycles. The van der Waals surface area contributed by atoms with Crippen LogP contribution in [0.2, 0.25) is 0 Å². The van der Waals surface area contributed by atoms with Gasteiger partial charge in [0.2, 0.25) is 0 Å². The number of morpholine rings is 1. The van der Waals surface area contributed by atoms with E-state index in [-0.39, 0.29) is 5.41 Å². The lowest BCUT2D eigenvalue weighted by molar-refractivity contribution is 0.0237. The first-order chi connectivity index (χ1) is 9.18. The molecule has 2 heterocycles. The highest BCUT2D eigenvalue weighted by Gasteiger charge is 2.21. The van der Waals surface area contributed by atoms with Gasteiger partial charge in [-0.1, -0.05) is 19.9 Å². The first-order valence-electron chi connectivity index (χ1n) is 7.13. The summed E-state index contributed by atoms with van der Waals surface area (Å²) >= 11 is 0. The predicted molar refractivity (Wildman–Crippen MR) is 77.4 cm³/mol. The van der Waals surface area contributed by atoms with E-state index >= 15 is 0 Å². The highest BCUT2D eigenvalue weighted by molar-refractivity contribution is 5.14. The standard InChI is InChI=1S/C15H25N3O/c1-15(2,14-5-3-4-7-18-14)12-17-8-6-13-11-16-9-10-19-13/h3-5,7,13,16-17H,6,8-12H2,1-2H3. The molecule has 1 atom stereocenters. The van der Waals surface area contributed by atoms with E-state index in [2.05, 4.69) is 35.5 Å². The minimum Gasteiger partial charge on any atom is -0.376 e. The summed E-state index contributed by atoms with van der Waals surface area (Å²) in [7, 11) is 0. The van der Waals surface area contributed by atoms with Gasteiger partial charge < -0.3 is 15.4 Å². The van der Waals surface area contributed by atoms with Crippen LogP contribution >= 0.6 is 0 Å². The van der Waals surface area contributed by atoms with Crippen LogP contribution in [0.25, 0.3) is 0 Å². The third-order valence-corrected chi connectivity index (χ3v) is 3.57. The van der Waals surface area contributed by atoms with Crippen LogP contribution in [0, 0.1) is 0 Å². The molecule has 0 radical (unpaired) electrons. The fourth-order valence-electron chi connectivity index (χ4n) is 2.32. The molecule has 1 aromatic heterocycles. The second kappa shape index (κ2) is 6.98. The zero-order chi connectivity index (χ0) is 13.6.